The summed E-state index contributed by atoms with van der Waals surface area (Å²) in [5.41, 5.74) is 3.54. The van der Waals surface area contributed by atoms with E-state index in [-0.39, 0.29) is 5.92 Å². The predicted octanol–water partition coefficient (Wildman–Crippen LogP) is 6.50. The zero-order valence-corrected chi connectivity index (χ0v) is 16.4. The van der Waals surface area contributed by atoms with E-state index in [9.17, 15) is 9.90 Å². The Kier molecular flexibility index (Phi) is 6.56. The molecule has 0 amide bonds. The molecule has 0 unspecified atom stereocenters. The highest BCUT2D eigenvalue weighted by molar-refractivity contribution is 5.87. The molecule has 2 aliphatic rings. The predicted molar refractivity (Wildman–Crippen MR) is 107 cm³/mol. The summed E-state index contributed by atoms with van der Waals surface area (Å²) in [5, 5.41) is 9.46. The highest BCUT2D eigenvalue weighted by Gasteiger charge is 2.33. The lowest BCUT2D eigenvalue weighted by Crippen LogP contribution is -2.27. The molecule has 26 heavy (non-hydrogen) atoms. The number of hydrogen-bond acceptors (Lipinski definition) is 1. The second-order valence-electron chi connectivity index (χ2n) is 8.51. The number of carboxylic acids is 1. The highest BCUT2D eigenvalue weighted by atomic mass is 16.4. The van der Waals surface area contributed by atoms with Crippen molar-refractivity contribution in [2.75, 3.05) is 0 Å². The van der Waals surface area contributed by atoms with Crippen LogP contribution in [-0.2, 0) is 4.79 Å². The number of allylic oxidation sites excluding steroid dienone is 1. The van der Waals surface area contributed by atoms with Crippen molar-refractivity contribution in [1.29, 1.82) is 0 Å². The van der Waals surface area contributed by atoms with Gasteiger partial charge in [-0.25, -0.2) is 4.79 Å². The normalized spacial score (nSPS) is 30.2. The Morgan fingerprint density at radius 1 is 0.962 bits per heavy atom. The third-order valence-electron chi connectivity index (χ3n) is 6.87. The van der Waals surface area contributed by atoms with E-state index in [1.165, 1.54) is 49.7 Å². The molecule has 3 rings (SSSR count). The number of hydrogen-bond donors (Lipinski definition) is 1. The summed E-state index contributed by atoms with van der Waals surface area (Å²) in [4.78, 5) is 11.5. The monoisotopic (exact) mass is 354 g/mol. The number of carboxylic acid groups (broad SMARTS) is 1. The fourth-order valence-electron chi connectivity index (χ4n) is 5.31. The van der Waals surface area contributed by atoms with Gasteiger partial charge in [0.1, 0.15) is 0 Å². The molecule has 142 valence electrons. The minimum atomic E-state index is -0.700. The van der Waals surface area contributed by atoms with E-state index in [0.717, 1.165) is 37.0 Å². The van der Waals surface area contributed by atoms with Gasteiger partial charge in [0.2, 0.25) is 0 Å². The van der Waals surface area contributed by atoms with E-state index >= 15 is 0 Å². The molecule has 1 aromatic carbocycles. The van der Waals surface area contributed by atoms with Crippen LogP contribution in [-0.4, -0.2) is 11.1 Å². The van der Waals surface area contributed by atoms with Crippen molar-refractivity contribution in [3.8, 4) is 0 Å². The van der Waals surface area contributed by atoms with E-state index in [1.807, 2.05) is 13.0 Å². The van der Waals surface area contributed by atoms with Crippen LogP contribution in [0, 0.1) is 24.7 Å². The minimum absolute atomic E-state index is 0.285. The van der Waals surface area contributed by atoms with E-state index in [4.69, 9.17) is 0 Å². The molecule has 0 radical (unpaired) electrons. The standard InChI is InChI=1S/C24H34O2/c1-3-4-23(24(25)26)22-15-13-21(14-16-22)20-11-9-19(10-12-20)18-7-5-17(2)6-8-18/h4-8,19-22H,3,9-16H2,1-2H3,(H,25,26)/t19-,20-,21-,22-. The van der Waals surface area contributed by atoms with Crippen molar-refractivity contribution >= 4 is 5.97 Å². The van der Waals surface area contributed by atoms with Crippen LogP contribution in [0.1, 0.15) is 81.8 Å². The summed E-state index contributed by atoms with van der Waals surface area (Å²) in [5.74, 6) is 2.01. The third-order valence-corrected chi connectivity index (χ3v) is 6.87. The van der Waals surface area contributed by atoms with E-state index in [0.29, 0.717) is 5.57 Å². The Morgan fingerprint density at radius 3 is 2.00 bits per heavy atom. The summed E-state index contributed by atoms with van der Waals surface area (Å²) >= 11 is 0. The van der Waals surface area contributed by atoms with Crippen LogP contribution in [0.3, 0.4) is 0 Å². The van der Waals surface area contributed by atoms with Gasteiger partial charge in [-0.15, -0.1) is 0 Å². The maximum Gasteiger partial charge on any atom is 0.331 e. The first-order valence-corrected chi connectivity index (χ1v) is 10.6. The van der Waals surface area contributed by atoms with Gasteiger partial charge in [-0.3, -0.25) is 0 Å². The summed E-state index contributed by atoms with van der Waals surface area (Å²) in [6.45, 7) is 4.18. The molecule has 2 aliphatic carbocycles. The van der Waals surface area contributed by atoms with Gasteiger partial charge >= 0.3 is 5.97 Å². The maximum absolute atomic E-state index is 11.5. The van der Waals surface area contributed by atoms with Crippen LogP contribution < -0.4 is 0 Å². The number of carbonyl (C=O) groups is 1. The van der Waals surface area contributed by atoms with Crippen LogP contribution in [0.25, 0.3) is 0 Å². The van der Waals surface area contributed by atoms with Crippen LogP contribution in [0.5, 0.6) is 0 Å². The smallest absolute Gasteiger partial charge is 0.331 e. The number of benzene rings is 1. The van der Waals surface area contributed by atoms with E-state index in [1.54, 1.807) is 0 Å². The van der Waals surface area contributed by atoms with Crippen molar-refractivity contribution in [2.24, 2.45) is 17.8 Å². The van der Waals surface area contributed by atoms with Gasteiger partial charge in [0.25, 0.3) is 0 Å². The summed E-state index contributed by atoms with van der Waals surface area (Å²) in [6.07, 6.45) is 12.7. The zero-order valence-electron chi connectivity index (χ0n) is 16.4. The van der Waals surface area contributed by atoms with Crippen LogP contribution >= 0.6 is 0 Å². The first kappa shape index (κ1) is 19.2. The first-order chi connectivity index (χ1) is 12.6. The number of aryl methyl sites for hydroxylation is 1. The van der Waals surface area contributed by atoms with E-state index in [2.05, 4.69) is 31.2 Å². The Labute approximate surface area is 158 Å². The molecule has 1 aromatic rings. The summed E-state index contributed by atoms with van der Waals surface area (Å²) < 4.78 is 0. The topological polar surface area (TPSA) is 37.3 Å². The first-order valence-electron chi connectivity index (χ1n) is 10.6. The Balaban J connectivity index is 1.50. The molecule has 0 heterocycles. The molecule has 0 saturated heterocycles. The lowest BCUT2D eigenvalue weighted by molar-refractivity contribution is -0.133. The van der Waals surface area contributed by atoms with Crippen LogP contribution in [0.15, 0.2) is 35.9 Å². The highest BCUT2D eigenvalue weighted by Crippen LogP contribution is 2.45. The van der Waals surface area contributed by atoms with Crippen LogP contribution in [0.4, 0.5) is 0 Å². The van der Waals surface area contributed by atoms with Gasteiger partial charge in [0.05, 0.1) is 0 Å². The molecule has 2 fully saturated rings. The van der Waals surface area contributed by atoms with Gasteiger partial charge in [-0.2, -0.15) is 0 Å². The van der Waals surface area contributed by atoms with Gasteiger partial charge in [0, 0.05) is 5.57 Å². The molecule has 2 nitrogen and oxygen atoms in total. The minimum Gasteiger partial charge on any atom is -0.478 e. The van der Waals surface area contributed by atoms with Crippen molar-refractivity contribution in [1.82, 2.24) is 0 Å². The van der Waals surface area contributed by atoms with E-state index < -0.39 is 5.97 Å². The van der Waals surface area contributed by atoms with Crippen molar-refractivity contribution in [2.45, 2.75) is 77.6 Å². The van der Waals surface area contributed by atoms with Gasteiger partial charge in [-0.05, 0) is 93.9 Å². The fraction of sp³-hybridized carbons (Fsp3) is 0.625. The average molecular weight is 355 g/mol. The quantitative estimate of drug-likeness (QED) is 0.613. The second-order valence-corrected chi connectivity index (χ2v) is 8.51. The molecule has 1 N–H and O–H groups in total. The number of rotatable bonds is 5. The Hall–Kier alpha value is -1.57. The van der Waals surface area contributed by atoms with Gasteiger partial charge < -0.3 is 5.11 Å². The molecule has 2 saturated carbocycles. The van der Waals surface area contributed by atoms with Crippen LogP contribution in [0.2, 0.25) is 0 Å². The van der Waals surface area contributed by atoms with Crippen molar-refractivity contribution in [3.05, 3.63) is 47.0 Å². The Bertz CT molecular complexity index is 612. The SMILES string of the molecule is CCC=C(C(=O)O)[C@H]1CC[C@H]([C@H]2CC[C@H](c3ccc(C)cc3)CC2)CC1. The largest absolute Gasteiger partial charge is 0.478 e. The molecular formula is C24H34O2. The molecule has 0 atom stereocenters. The maximum atomic E-state index is 11.5. The van der Waals surface area contributed by atoms with Gasteiger partial charge in [0.15, 0.2) is 0 Å². The molecule has 0 aromatic heterocycles. The lowest BCUT2D eigenvalue weighted by Gasteiger charge is -2.38. The second kappa shape index (κ2) is 8.88. The number of aliphatic carboxylic acids is 1. The molecule has 2 heteroatoms. The third kappa shape index (κ3) is 4.58. The molecule has 0 aliphatic heterocycles. The molecule has 0 spiro atoms. The molecule has 0 bridgehead atoms. The van der Waals surface area contributed by atoms with Crippen molar-refractivity contribution < 1.29 is 9.90 Å². The van der Waals surface area contributed by atoms with Crippen molar-refractivity contribution in [3.63, 3.8) is 0 Å². The lowest BCUT2D eigenvalue weighted by atomic mass is 9.67. The average Bonchev–Trinajstić information content (AvgIpc) is 2.67. The zero-order chi connectivity index (χ0) is 18.5. The molecular weight excluding hydrogens is 320 g/mol. The van der Waals surface area contributed by atoms with Gasteiger partial charge in [-0.1, -0.05) is 42.8 Å². The fourth-order valence-corrected chi connectivity index (χ4v) is 5.31. The summed E-state index contributed by atoms with van der Waals surface area (Å²) in [7, 11) is 0. The summed E-state index contributed by atoms with van der Waals surface area (Å²) in [6, 6.07) is 9.12. The Morgan fingerprint density at radius 2 is 1.50 bits per heavy atom.